The fourth-order valence-corrected chi connectivity index (χ4v) is 4.67. The predicted molar refractivity (Wildman–Crippen MR) is 104 cm³/mol. The molecule has 2 aliphatic rings. The highest BCUT2D eigenvalue weighted by Gasteiger charge is 2.34. The Kier molecular flexibility index (Phi) is 9.03. The molecule has 2 fully saturated rings. The predicted octanol–water partition coefficient (Wildman–Crippen LogP) is -0.362. The minimum Gasteiger partial charge on any atom is -0.550 e. The first-order valence-corrected chi connectivity index (χ1v) is 10.8. The van der Waals surface area contributed by atoms with Crippen molar-refractivity contribution in [2.75, 3.05) is 53.9 Å². The summed E-state index contributed by atoms with van der Waals surface area (Å²) in [6.45, 7) is 4.59. The summed E-state index contributed by atoms with van der Waals surface area (Å²) in [7, 11) is 6.36. The highest BCUT2D eigenvalue weighted by molar-refractivity contribution is 5.79. The number of likely N-dealkylation sites (N-methyl/N-ethyl adjacent to an activating group) is 2. The molecule has 0 radical (unpaired) electrons. The largest absolute Gasteiger partial charge is 0.550 e. The molecular weight excluding hydrogens is 342 g/mol. The van der Waals surface area contributed by atoms with Gasteiger partial charge in [0.2, 0.25) is 5.91 Å². The second-order valence-electron chi connectivity index (χ2n) is 9.05. The number of carbonyl (C=O) groups is 2. The molecule has 1 N–H and O–H groups in total. The Morgan fingerprint density at radius 3 is 2.41 bits per heavy atom. The maximum Gasteiger partial charge on any atom is 0.225 e. The molecule has 0 spiro atoms. The van der Waals surface area contributed by atoms with Gasteiger partial charge in [-0.05, 0) is 51.6 Å². The average molecular weight is 382 g/mol. The van der Waals surface area contributed by atoms with Gasteiger partial charge >= 0.3 is 0 Å². The van der Waals surface area contributed by atoms with Crippen LogP contribution in [0.15, 0.2) is 0 Å². The number of nitrogens with one attached hydrogen (secondary N) is 1. The minimum absolute atomic E-state index is 0.132. The van der Waals surface area contributed by atoms with Crippen molar-refractivity contribution in [2.45, 2.75) is 51.4 Å². The molecule has 1 saturated carbocycles. The summed E-state index contributed by atoms with van der Waals surface area (Å²) >= 11 is 0. The number of likely N-dealkylation sites (tertiary alicyclic amines) is 1. The normalized spacial score (nSPS) is 25.6. The van der Waals surface area contributed by atoms with Gasteiger partial charge in [-0.2, -0.15) is 0 Å². The topological polar surface area (TPSA) is 68.1 Å². The van der Waals surface area contributed by atoms with Crippen molar-refractivity contribution in [1.82, 2.24) is 9.80 Å². The van der Waals surface area contributed by atoms with E-state index in [0.29, 0.717) is 12.5 Å². The van der Waals surface area contributed by atoms with Crippen LogP contribution in [0, 0.1) is 17.8 Å². The zero-order valence-electron chi connectivity index (χ0n) is 17.5. The summed E-state index contributed by atoms with van der Waals surface area (Å²) in [5.41, 5.74) is 0. The fraction of sp³-hybridized carbons (Fsp3) is 0.905. The van der Waals surface area contributed by atoms with E-state index in [1.165, 1.54) is 24.2 Å². The first kappa shape index (κ1) is 22.2. The summed E-state index contributed by atoms with van der Waals surface area (Å²) in [5, 5.41) is 11.2. The van der Waals surface area contributed by atoms with Crippen molar-refractivity contribution in [3.8, 4) is 0 Å². The van der Waals surface area contributed by atoms with Crippen LogP contribution in [0.3, 0.4) is 0 Å². The Morgan fingerprint density at radius 2 is 1.78 bits per heavy atom. The number of aliphatic carboxylic acids is 1. The lowest BCUT2D eigenvalue weighted by Crippen LogP contribution is -3.09. The molecule has 0 bridgehead atoms. The maximum atomic E-state index is 12.9. The molecule has 0 aromatic carbocycles. The molecule has 3 atom stereocenters. The molecule has 2 rings (SSSR count). The number of rotatable bonds is 9. The second-order valence-corrected chi connectivity index (χ2v) is 9.05. The van der Waals surface area contributed by atoms with E-state index in [1.807, 2.05) is 4.90 Å². The zero-order chi connectivity index (χ0) is 19.8. The van der Waals surface area contributed by atoms with E-state index < -0.39 is 5.97 Å². The molecular formula is C21H39N3O3. The van der Waals surface area contributed by atoms with Gasteiger partial charge in [0, 0.05) is 37.9 Å². The second kappa shape index (κ2) is 11.0. The minimum atomic E-state index is -0.953. The van der Waals surface area contributed by atoms with Gasteiger partial charge in [0.05, 0.1) is 20.1 Å². The summed E-state index contributed by atoms with van der Waals surface area (Å²) < 4.78 is 0. The third kappa shape index (κ3) is 7.41. The highest BCUT2D eigenvalue weighted by atomic mass is 16.4. The Morgan fingerprint density at radius 1 is 1.07 bits per heavy atom. The van der Waals surface area contributed by atoms with Crippen molar-refractivity contribution in [1.29, 1.82) is 0 Å². The number of hydrogen-bond acceptors (Lipinski definition) is 4. The van der Waals surface area contributed by atoms with Crippen LogP contribution in [0.5, 0.6) is 0 Å². The highest BCUT2D eigenvalue weighted by Crippen LogP contribution is 2.32. The summed E-state index contributed by atoms with van der Waals surface area (Å²) in [6.07, 6.45) is 7.55. The maximum absolute atomic E-state index is 12.9. The van der Waals surface area contributed by atoms with Gasteiger partial charge in [0.25, 0.3) is 0 Å². The Bertz CT molecular complexity index is 477. The van der Waals surface area contributed by atoms with Gasteiger partial charge in [-0.15, -0.1) is 0 Å². The molecule has 156 valence electrons. The van der Waals surface area contributed by atoms with Crippen molar-refractivity contribution >= 4 is 11.9 Å². The van der Waals surface area contributed by atoms with Crippen LogP contribution in [-0.4, -0.2) is 75.5 Å². The third-order valence-electron chi connectivity index (χ3n) is 6.51. The van der Waals surface area contributed by atoms with Crippen molar-refractivity contribution < 1.29 is 19.6 Å². The molecule has 1 aliphatic carbocycles. The molecule has 6 heteroatoms. The van der Waals surface area contributed by atoms with Crippen LogP contribution >= 0.6 is 0 Å². The van der Waals surface area contributed by atoms with Gasteiger partial charge in [-0.1, -0.05) is 19.3 Å². The van der Waals surface area contributed by atoms with Crippen LogP contribution in [0.2, 0.25) is 0 Å². The van der Waals surface area contributed by atoms with Crippen LogP contribution in [0.25, 0.3) is 0 Å². The first-order chi connectivity index (χ1) is 12.9. The number of amides is 1. The van der Waals surface area contributed by atoms with Gasteiger partial charge in [0.15, 0.2) is 0 Å². The number of carbonyl (C=O) groups excluding carboxylic acids is 2. The molecule has 1 amide bonds. The van der Waals surface area contributed by atoms with Gasteiger partial charge in [0.1, 0.15) is 0 Å². The van der Waals surface area contributed by atoms with Crippen LogP contribution in [-0.2, 0) is 9.59 Å². The van der Waals surface area contributed by atoms with Gasteiger partial charge in [-0.25, -0.2) is 0 Å². The number of nitrogens with zero attached hydrogens (tertiary/aromatic N) is 2. The standard InChI is InChI=1S/C21H39N3O3/c1-22(2)13-14-23(3)11-9-19-16-24(12-10-18(19)15-20(25)26)21(27)17-7-5-4-6-8-17/h17-19H,4-16H2,1-3H3,(H,25,26)/t18-,19-/m0/s1. The van der Waals surface area contributed by atoms with Crippen molar-refractivity contribution in [3.63, 3.8) is 0 Å². The molecule has 27 heavy (non-hydrogen) atoms. The van der Waals surface area contributed by atoms with Crippen molar-refractivity contribution in [2.24, 2.45) is 17.8 Å². The average Bonchev–Trinajstić information content (AvgIpc) is 2.65. The smallest absolute Gasteiger partial charge is 0.225 e. The molecule has 6 nitrogen and oxygen atoms in total. The molecule has 1 heterocycles. The summed E-state index contributed by atoms with van der Waals surface area (Å²) in [4.78, 5) is 29.8. The van der Waals surface area contributed by atoms with Gasteiger partial charge in [-0.3, -0.25) is 4.79 Å². The quantitative estimate of drug-likeness (QED) is 0.592. The van der Waals surface area contributed by atoms with E-state index in [0.717, 1.165) is 51.9 Å². The molecule has 0 aromatic heterocycles. The Balaban J connectivity index is 1.91. The molecule has 0 aromatic rings. The van der Waals surface area contributed by atoms with Gasteiger partial charge < -0.3 is 24.6 Å². The number of piperidine rings is 1. The van der Waals surface area contributed by atoms with Crippen LogP contribution < -0.4 is 10.0 Å². The van der Waals surface area contributed by atoms with E-state index in [9.17, 15) is 14.7 Å². The number of hydrogen-bond donors (Lipinski definition) is 1. The molecule has 1 unspecified atom stereocenters. The summed E-state index contributed by atoms with van der Waals surface area (Å²) in [5.74, 6) is -0.0127. The SMILES string of the molecule is CN(C)CC[NH+](C)CC[C@H]1CN(C(=O)C2CCCCC2)CC[C@H]1CC(=O)[O-]. The lowest BCUT2D eigenvalue weighted by atomic mass is 9.80. The molecule has 1 saturated heterocycles. The van der Waals surface area contributed by atoms with Crippen LogP contribution in [0.1, 0.15) is 51.4 Å². The summed E-state index contributed by atoms with van der Waals surface area (Å²) in [6, 6.07) is 0. The van der Waals surface area contributed by atoms with E-state index in [2.05, 4.69) is 26.0 Å². The lowest BCUT2D eigenvalue weighted by molar-refractivity contribution is -0.879. The van der Waals surface area contributed by atoms with Crippen molar-refractivity contribution in [3.05, 3.63) is 0 Å². The monoisotopic (exact) mass is 381 g/mol. The third-order valence-corrected chi connectivity index (χ3v) is 6.51. The van der Waals surface area contributed by atoms with E-state index in [1.54, 1.807) is 0 Å². The van der Waals surface area contributed by atoms with E-state index in [-0.39, 0.29) is 24.2 Å². The first-order valence-electron chi connectivity index (χ1n) is 10.8. The number of carboxylic acids is 1. The molecule has 1 aliphatic heterocycles. The lowest BCUT2D eigenvalue weighted by Gasteiger charge is -2.41. The number of carboxylic acid groups (broad SMARTS) is 1. The zero-order valence-corrected chi connectivity index (χ0v) is 17.5. The van der Waals surface area contributed by atoms with E-state index in [4.69, 9.17) is 0 Å². The van der Waals surface area contributed by atoms with E-state index >= 15 is 0 Å². The Hall–Kier alpha value is -1.14. The number of quaternary nitrogens is 1. The Labute approximate surface area is 164 Å². The fourth-order valence-electron chi connectivity index (χ4n) is 4.67. The van der Waals surface area contributed by atoms with Crippen LogP contribution in [0.4, 0.5) is 0 Å².